The maximum Gasteiger partial charge on any atom is 0.267 e. The first-order chi connectivity index (χ1) is 14.7. The molecule has 0 bridgehead atoms. The van der Waals surface area contributed by atoms with Gasteiger partial charge in [-0.2, -0.15) is 0 Å². The smallest absolute Gasteiger partial charge is 0.267 e. The van der Waals surface area contributed by atoms with Gasteiger partial charge in [0.25, 0.3) is 15.9 Å². The zero-order valence-corrected chi connectivity index (χ0v) is 20.4. The van der Waals surface area contributed by atoms with Gasteiger partial charge in [-0.15, -0.1) is 11.3 Å². The van der Waals surface area contributed by atoms with Gasteiger partial charge >= 0.3 is 0 Å². The maximum absolute atomic E-state index is 13.0. The van der Waals surface area contributed by atoms with E-state index in [9.17, 15) is 21.6 Å². The Morgan fingerprint density at radius 3 is 2.28 bits per heavy atom. The molecular weight excluding hydrogens is 476 g/mol. The van der Waals surface area contributed by atoms with Gasteiger partial charge in [0, 0.05) is 11.3 Å². The van der Waals surface area contributed by atoms with Crippen molar-refractivity contribution in [1.82, 2.24) is 5.16 Å². The highest BCUT2D eigenvalue weighted by Crippen LogP contribution is 2.32. The Hall–Kier alpha value is -2.74. The van der Waals surface area contributed by atoms with E-state index >= 15 is 0 Å². The Labute approximate surface area is 189 Å². The van der Waals surface area contributed by atoms with E-state index in [0.29, 0.717) is 22.4 Å². The van der Waals surface area contributed by atoms with Crippen LogP contribution in [0.4, 0.5) is 11.6 Å². The van der Waals surface area contributed by atoms with Crippen molar-refractivity contribution in [2.45, 2.75) is 44.4 Å². The second kappa shape index (κ2) is 8.31. The fourth-order valence-electron chi connectivity index (χ4n) is 3.33. The number of nitrogens with two attached hydrogens (primary N) is 1. The van der Waals surface area contributed by atoms with Gasteiger partial charge < -0.3 is 9.84 Å². The number of rotatable bonds is 6. The summed E-state index contributed by atoms with van der Waals surface area (Å²) in [7, 11) is -8.19. The number of thiophene rings is 1. The van der Waals surface area contributed by atoms with Gasteiger partial charge in [0.1, 0.15) is 9.77 Å². The summed E-state index contributed by atoms with van der Waals surface area (Å²) in [5.74, 6) is -0.746. The highest BCUT2D eigenvalue weighted by Gasteiger charge is 2.28. The zero-order chi connectivity index (χ0) is 24.0. The molecule has 1 amide bonds. The maximum atomic E-state index is 13.0. The first kappa shape index (κ1) is 23.9. The number of hydrogen-bond donors (Lipinski definition) is 3. The van der Waals surface area contributed by atoms with Crippen LogP contribution in [0.3, 0.4) is 0 Å². The van der Waals surface area contributed by atoms with Crippen LogP contribution in [0.1, 0.15) is 37.6 Å². The van der Waals surface area contributed by atoms with Gasteiger partial charge in [0.15, 0.2) is 0 Å². The summed E-state index contributed by atoms with van der Waals surface area (Å²) < 4.78 is 57.1. The van der Waals surface area contributed by atoms with Crippen molar-refractivity contribution < 1.29 is 26.2 Å². The van der Waals surface area contributed by atoms with Gasteiger partial charge in [-0.1, -0.05) is 11.2 Å². The Balaban J connectivity index is 1.99. The lowest BCUT2D eigenvalue weighted by atomic mass is 10.0. The second-order valence-electron chi connectivity index (χ2n) is 7.28. The molecule has 0 fully saturated rings. The van der Waals surface area contributed by atoms with Crippen molar-refractivity contribution in [1.29, 1.82) is 0 Å². The average Bonchev–Trinajstić information content (AvgIpc) is 3.27. The molecule has 0 aliphatic rings. The molecule has 0 saturated heterocycles. The van der Waals surface area contributed by atoms with Gasteiger partial charge in [-0.25, -0.2) is 26.7 Å². The number of carbonyl (C=O) groups excluding carboxylic acids is 1. The number of nitrogens with one attached hydrogen (secondary N) is 2. The minimum absolute atomic E-state index is 0.0388. The third-order valence-corrected chi connectivity index (χ3v) is 8.55. The summed E-state index contributed by atoms with van der Waals surface area (Å²) >= 11 is 0.928. The number of benzene rings is 1. The van der Waals surface area contributed by atoms with Gasteiger partial charge in [-0.05, 0) is 62.8 Å². The molecular formula is C19H22N4O6S3. The van der Waals surface area contributed by atoms with Crippen molar-refractivity contribution in [2.75, 3.05) is 10.0 Å². The van der Waals surface area contributed by atoms with Crippen LogP contribution in [0.25, 0.3) is 0 Å². The van der Waals surface area contributed by atoms with E-state index in [4.69, 9.17) is 9.66 Å². The number of nitrogens with zero attached hydrogens (tertiary/aromatic N) is 1. The largest absolute Gasteiger partial charge is 0.337 e. The molecule has 0 aliphatic heterocycles. The summed E-state index contributed by atoms with van der Waals surface area (Å²) in [6, 6.07) is 2.89. The summed E-state index contributed by atoms with van der Waals surface area (Å²) in [6.07, 6.45) is 0. The van der Waals surface area contributed by atoms with Crippen molar-refractivity contribution in [3.8, 4) is 0 Å². The third kappa shape index (κ3) is 4.41. The van der Waals surface area contributed by atoms with Crippen LogP contribution < -0.4 is 15.2 Å². The van der Waals surface area contributed by atoms with Crippen molar-refractivity contribution in [3.63, 3.8) is 0 Å². The molecule has 0 radical (unpaired) electrons. The van der Waals surface area contributed by atoms with Crippen molar-refractivity contribution in [2.24, 2.45) is 5.14 Å². The van der Waals surface area contributed by atoms with Crippen molar-refractivity contribution in [3.05, 3.63) is 50.3 Å². The first-order valence-electron chi connectivity index (χ1n) is 9.22. The molecule has 4 N–H and O–H groups in total. The van der Waals surface area contributed by atoms with Crippen LogP contribution in [0.15, 0.2) is 31.8 Å². The minimum atomic E-state index is -4.16. The van der Waals surface area contributed by atoms with E-state index in [1.165, 1.54) is 18.4 Å². The molecule has 0 saturated carbocycles. The molecule has 1 aromatic carbocycles. The monoisotopic (exact) mass is 498 g/mol. The predicted molar refractivity (Wildman–Crippen MR) is 121 cm³/mol. The molecule has 2 heterocycles. The molecule has 13 heteroatoms. The molecule has 0 spiro atoms. The number of primary sulfonamides is 1. The van der Waals surface area contributed by atoms with E-state index in [1.807, 2.05) is 0 Å². The molecule has 0 atom stereocenters. The molecule has 3 rings (SSSR count). The van der Waals surface area contributed by atoms with E-state index < -0.39 is 26.0 Å². The summed E-state index contributed by atoms with van der Waals surface area (Å²) in [5, 5.41) is 13.1. The van der Waals surface area contributed by atoms with Crippen LogP contribution in [0.5, 0.6) is 0 Å². The molecule has 0 aliphatic carbocycles. The third-order valence-electron chi connectivity index (χ3n) is 4.93. The van der Waals surface area contributed by atoms with E-state index in [2.05, 4.69) is 15.2 Å². The quantitative estimate of drug-likeness (QED) is 0.470. The fourth-order valence-corrected chi connectivity index (χ4v) is 6.74. The van der Waals surface area contributed by atoms with Gasteiger partial charge in [-0.3, -0.25) is 4.79 Å². The first-order valence-corrected chi connectivity index (χ1v) is 13.1. The second-order valence-corrected chi connectivity index (χ2v) is 11.3. The minimum Gasteiger partial charge on any atom is -0.337 e. The Morgan fingerprint density at radius 2 is 1.72 bits per heavy atom. The molecule has 10 nitrogen and oxygen atoms in total. The topological polar surface area (TPSA) is 161 Å². The number of aryl methyl sites for hydroxylation is 3. The number of aromatic nitrogens is 1. The highest BCUT2D eigenvalue weighted by molar-refractivity contribution is 7.93. The number of carbonyl (C=O) groups is 1. The van der Waals surface area contributed by atoms with Crippen molar-refractivity contribution >= 4 is 48.9 Å². The number of anilines is 2. The standard InChI is InChI=1S/C19H22N4O6S3/c1-9-8-10(2)17(31(20,25)26)12(4)15(9)21-18(24)16-14(6-7-30-16)32(27,28)23-19-11(3)13(5)22-29-19/h6-8,23H,1-5H3,(H,21,24)(H2,20,25,26). The molecule has 32 heavy (non-hydrogen) atoms. The van der Waals surface area contributed by atoms with Crippen LogP contribution in [0, 0.1) is 34.6 Å². The molecule has 2 aromatic heterocycles. The van der Waals surface area contributed by atoms with Crippen LogP contribution in [0.2, 0.25) is 0 Å². The molecule has 0 unspecified atom stereocenters. The Bertz CT molecular complexity index is 1440. The highest BCUT2D eigenvalue weighted by atomic mass is 32.2. The molecule has 3 aromatic rings. The Morgan fingerprint density at radius 1 is 1.06 bits per heavy atom. The van der Waals surface area contributed by atoms with Crippen LogP contribution >= 0.6 is 11.3 Å². The lowest BCUT2D eigenvalue weighted by molar-refractivity contribution is 0.102. The predicted octanol–water partition coefficient (Wildman–Crippen LogP) is 2.98. The zero-order valence-electron chi connectivity index (χ0n) is 17.9. The SMILES string of the molecule is Cc1cc(C)c(S(N)(=O)=O)c(C)c1NC(=O)c1sccc1S(=O)(=O)Nc1onc(C)c1C. The fraction of sp³-hybridized carbons (Fsp3) is 0.263. The van der Waals surface area contributed by atoms with Crippen LogP contribution in [-0.2, 0) is 20.0 Å². The van der Waals surface area contributed by atoms with Gasteiger partial charge in [0.2, 0.25) is 15.9 Å². The number of hydrogen-bond acceptors (Lipinski definition) is 8. The van der Waals surface area contributed by atoms with E-state index in [-0.39, 0.29) is 31.8 Å². The molecule has 172 valence electrons. The van der Waals surface area contributed by atoms with Crippen LogP contribution in [-0.4, -0.2) is 27.9 Å². The van der Waals surface area contributed by atoms with E-state index in [0.717, 1.165) is 11.3 Å². The number of amides is 1. The summed E-state index contributed by atoms with van der Waals surface area (Å²) in [4.78, 5) is 12.6. The average molecular weight is 499 g/mol. The summed E-state index contributed by atoms with van der Waals surface area (Å²) in [6.45, 7) is 8.15. The lowest BCUT2D eigenvalue weighted by Gasteiger charge is -2.17. The number of sulfonamides is 2. The lowest BCUT2D eigenvalue weighted by Crippen LogP contribution is -2.21. The normalized spacial score (nSPS) is 12.1. The van der Waals surface area contributed by atoms with E-state index in [1.54, 1.807) is 33.8 Å². The Kier molecular flexibility index (Phi) is 6.21. The van der Waals surface area contributed by atoms with Gasteiger partial charge in [0.05, 0.1) is 10.6 Å². The summed E-state index contributed by atoms with van der Waals surface area (Å²) in [5.41, 5.74) is 2.62.